The monoisotopic (exact) mass is 373 g/mol. The van der Waals surface area contributed by atoms with Crippen molar-refractivity contribution in [1.82, 2.24) is 10.3 Å². The fourth-order valence-corrected chi connectivity index (χ4v) is 3.14. The zero-order valence-corrected chi connectivity index (χ0v) is 17.0. The summed E-state index contributed by atoms with van der Waals surface area (Å²) >= 11 is 1.41. The lowest BCUT2D eigenvalue weighted by Crippen LogP contribution is -2.47. The molecule has 0 radical (unpaired) electrons. The number of nitrogens with zero attached hydrogens (tertiary/aromatic N) is 1. The van der Waals surface area contributed by atoms with Gasteiger partial charge in [-0.2, -0.15) is 0 Å². The highest BCUT2D eigenvalue weighted by molar-refractivity contribution is 7.15. The summed E-state index contributed by atoms with van der Waals surface area (Å²) in [6.45, 7) is 12.1. The molecule has 0 saturated carbocycles. The Balaban J connectivity index is 2.08. The van der Waals surface area contributed by atoms with E-state index in [1.54, 1.807) is 18.3 Å². The summed E-state index contributed by atoms with van der Waals surface area (Å²) in [7, 11) is 0. The van der Waals surface area contributed by atoms with Crippen LogP contribution in [0.15, 0.2) is 30.5 Å². The molecule has 0 saturated heterocycles. The average molecular weight is 374 g/mol. The van der Waals surface area contributed by atoms with Crippen LogP contribution in [0.3, 0.4) is 0 Å². The normalized spacial score (nSPS) is 12.7. The minimum absolute atomic E-state index is 0.0290. The summed E-state index contributed by atoms with van der Waals surface area (Å²) in [5, 5.41) is 6.17. The molecule has 2 amide bonds. The molecular weight excluding hydrogens is 346 g/mol. The highest BCUT2D eigenvalue weighted by Gasteiger charge is 2.25. The first-order chi connectivity index (χ1) is 12.1. The Bertz CT molecular complexity index is 773. The van der Waals surface area contributed by atoms with Crippen molar-refractivity contribution in [3.8, 4) is 0 Å². The first-order valence-electron chi connectivity index (χ1n) is 8.72. The molecule has 0 spiro atoms. The first kappa shape index (κ1) is 20.1. The van der Waals surface area contributed by atoms with Gasteiger partial charge in [0, 0.05) is 16.6 Å². The Morgan fingerprint density at radius 1 is 1.12 bits per heavy atom. The number of hydrogen-bond donors (Lipinski definition) is 2. The molecule has 1 atom stereocenters. The maximum Gasteiger partial charge on any atom is 0.251 e. The summed E-state index contributed by atoms with van der Waals surface area (Å²) < 4.78 is 0. The smallest absolute Gasteiger partial charge is 0.251 e. The second-order valence-corrected chi connectivity index (χ2v) is 9.02. The molecule has 0 fully saturated rings. The molecule has 140 valence electrons. The third-order valence-corrected chi connectivity index (χ3v) is 4.93. The predicted octanol–water partition coefficient (Wildman–Crippen LogP) is 4.14. The van der Waals surface area contributed by atoms with Crippen LogP contribution in [0.1, 0.15) is 55.4 Å². The van der Waals surface area contributed by atoms with Crippen LogP contribution in [-0.2, 0) is 10.2 Å². The van der Waals surface area contributed by atoms with E-state index >= 15 is 0 Å². The van der Waals surface area contributed by atoms with Crippen LogP contribution < -0.4 is 10.6 Å². The van der Waals surface area contributed by atoms with Gasteiger partial charge in [-0.05, 0) is 36.0 Å². The van der Waals surface area contributed by atoms with Gasteiger partial charge in [-0.15, -0.1) is 11.3 Å². The van der Waals surface area contributed by atoms with Crippen molar-refractivity contribution >= 4 is 28.3 Å². The lowest BCUT2D eigenvalue weighted by atomic mass is 9.86. The number of carbonyl (C=O) groups is 2. The Hall–Kier alpha value is -2.21. The average Bonchev–Trinajstić information content (AvgIpc) is 2.96. The van der Waals surface area contributed by atoms with E-state index in [4.69, 9.17) is 0 Å². The van der Waals surface area contributed by atoms with Crippen molar-refractivity contribution in [3.05, 3.63) is 46.5 Å². The van der Waals surface area contributed by atoms with Crippen LogP contribution in [0, 0.1) is 12.8 Å². The summed E-state index contributed by atoms with van der Waals surface area (Å²) in [5.41, 5.74) is 1.73. The van der Waals surface area contributed by atoms with Gasteiger partial charge in [-0.25, -0.2) is 4.98 Å². The minimum atomic E-state index is -0.631. The SMILES string of the molecule is Cc1cnc(NC(=O)C(NC(=O)c2ccc(C(C)(C)C)cc2)C(C)C)s1. The molecule has 5 nitrogen and oxygen atoms in total. The molecule has 0 aliphatic heterocycles. The van der Waals surface area contributed by atoms with Crippen molar-refractivity contribution in [3.63, 3.8) is 0 Å². The van der Waals surface area contributed by atoms with E-state index in [0.717, 1.165) is 10.4 Å². The highest BCUT2D eigenvalue weighted by Crippen LogP contribution is 2.22. The van der Waals surface area contributed by atoms with Crippen molar-refractivity contribution < 1.29 is 9.59 Å². The van der Waals surface area contributed by atoms with Gasteiger partial charge in [0.2, 0.25) is 5.91 Å². The van der Waals surface area contributed by atoms with E-state index in [1.807, 2.05) is 32.9 Å². The number of carbonyl (C=O) groups excluding carboxylic acids is 2. The fraction of sp³-hybridized carbons (Fsp3) is 0.450. The standard InChI is InChI=1S/C20H27N3O2S/c1-12(2)16(18(25)23-19-21-11-13(3)26-19)22-17(24)14-7-9-15(10-8-14)20(4,5)6/h7-12,16H,1-6H3,(H,22,24)(H,21,23,25). The predicted molar refractivity (Wildman–Crippen MR) is 107 cm³/mol. The van der Waals surface area contributed by atoms with Crippen LogP contribution in [0.5, 0.6) is 0 Å². The summed E-state index contributed by atoms with van der Waals surface area (Å²) in [6, 6.07) is 6.88. The molecular formula is C20H27N3O2S. The molecule has 1 unspecified atom stereocenters. The molecule has 0 bridgehead atoms. The fourth-order valence-electron chi connectivity index (χ4n) is 2.48. The second-order valence-electron chi connectivity index (χ2n) is 7.79. The minimum Gasteiger partial charge on any atom is -0.340 e. The van der Waals surface area contributed by atoms with E-state index in [0.29, 0.717) is 10.7 Å². The lowest BCUT2D eigenvalue weighted by Gasteiger charge is -2.22. The van der Waals surface area contributed by atoms with E-state index in [-0.39, 0.29) is 23.1 Å². The van der Waals surface area contributed by atoms with E-state index in [2.05, 4.69) is 36.4 Å². The van der Waals surface area contributed by atoms with Gasteiger partial charge in [0.15, 0.2) is 5.13 Å². The molecule has 1 heterocycles. The molecule has 26 heavy (non-hydrogen) atoms. The molecule has 0 aliphatic rings. The van der Waals surface area contributed by atoms with E-state index in [1.165, 1.54) is 11.3 Å². The van der Waals surface area contributed by atoms with Crippen LogP contribution in [0.2, 0.25) is 0 Å². The highest BCUT2D eigenvalue weighted by atomic mass is 32.1. The van der Waals surface area contributed by atoms with Crippen LogP contribution >= 0.6 is 11.3 Å². The van der Waals surface area contributed by atoms with Crippen molar-refractivity contribution in [2.45, 2.75) is 53.0 Å². The van der Waals surface area contributed by atoms with Gasteiger partial charge in [-0.3, -0.25) is 9.59 Å². The molecule has 6 heteroatoms. The topological polar surface area (TPSA) is 71.1 Å². The van der Waals surface area contributed by atoms with Crippen LogP contribution in [-0.4, -0.2) is 22.8 Å². The lowest BCUT2D eigenvalue weighted by molar-refractivity contribution is -0.118. The zero-order valence-electron chi connectivity index (χ0n) is 16.2. The van der Waals surface area contributed by atoms with Gasteiger partial charge in [0.25, 0.3) is 5.91 Å². The molecule has 1 aromatic carbocycles. The largest absolute Gasteiger partial charge is 0.340 e. The van der Waals surface area contributed by atoms with Crippen molar-refractivity contribution in [1.29, 1.82) is 0 Å². The number of aryl methyl sites for hydroxylation is 1. The number of amides is 2. The zero-order chi connectivity index (χ0) is 19.5. The summed E-state index contributed by atoms with van der Waals surface area (Å²) in [4.78, 5) is 30.3. The van der Waals surface area contributed by atoms with Crippen molar-refractivity contribution in [2.24, 2.45) is 5.92 Å². The molecule has 0 aliphatic carbocycles. The second kappa shape index (κ2) is 7.99. The Morgan fingerprint density at radius 2 is 1.73 bits per heavy atom. The Morgan fingerprint density at radius 3 is 2.19 bits per heavy atom. The summed E-state index contributed by atoms with van der Waals surface area (Å²) in [5.74, 6) is -0.558. The number of rotatable bonds is 5. The van der Waals surface area contributed by atoms with Gasteiger partial charge < -0.3 is 10.6 Å². The number of anilines is 1. The van der Waals surface area contributed by atoms with Crippen LogP contribution in [0.25, 0.3) is 0 Å². The Labute approximate surface area is 159 Å². The van der Waals surface area contributed by atoms with Crippen LogP contribution in [0.4, 0.5) is 5.13 Å². The van der Waals surface area contributed by atoms with Gasteiger partial charge in [0.05, 0.1) is 0 Å². The van der Waals surface area contributed by atoms with Gasteiger partial charge in [-0.1, -0.05) is 46.8 Å². The number of nitrogens with one attached hydrogen (secondary N) is 2. The van der Waals surface area contributed by atoms with Gasteiger partial charge in [0.1, 0.15) is 6.04 Å². The number of thiazole rings is 1. The first-order valence-corrected chi connectivity index (χ1v) is 9.54. The number of benzene rings is 1. The molecule has 2 aromatic rings. The maximum absolute atomic E-state index is 12.6. The Kier molecular flexibility index (Phi) is 6.18. The molecule has 2 N–H and O–H groups in total. The van der Waals surface area contributed by atoms with Crippen molar-refractivity contribution in [2.75, 3.05) is 5.32 Å². The maximum atomic E-state index is 12.6. The number of aromatic nitrogens is 1. The third kappa shape index (κ3) is 5.14. The molecule has 1 aromatic heterocycles. The van der Waals surface area contributed by atoms with E-state index in [9.17, 15) is 9.59 Å². The quantitative estimate of drug-likeness (QED) is 0.827. The van der Waals surface area contributed by atoms with E-state index < -0.39 is 6.04 Å². The molecule has 2 rings (SSSR count). The number of hydrogen-bond acceptors (Lipinski definition) is 4. The summed E-state index contributed by atoms with van der Waals surface area (Å²) in [6.07, 6.45) is 1.71. The van der Waals surface area contributed by atoms with Gasteiger partial charge >= 0.3 is 0 Å². The third-order valence-electron chi connectivity index (χ3n) is 4.10.